The van der Waals surface area contributed by atoms with Gasteiger partial charge >= 0.3 is 0 Å². The van der Waals surface area contributed by atoms with Gasteiger partial charge in [0.15, 0.2) is 0 Å². The van der Waals surface area contributed by atoms with Crippen molar-refractivity contribution in [2.75, 3.05) is 13.7 Å². The van der Waals surface area contributed by atoms with E-state index in [0.29, 0.717) is 12.5 Å². The van der Waals surface area contributed by atoms with Crippen LogP contribution in [0, 0.1) is 6.92 Å². The summed E-state index contributed by atoms with van der Waals surface area (Å²) < 4.78 is 11.1. The molecule has 1 atom stereocenters. The second kappa shape index (κ2) is 8.18. The summed E-state index contributed by atoms with van der Waals surface area (Å²) in [6, 6.07) is 20.3. The number of aromatic nitrogens is 2. The molecule has 4 rings (SSSR count). The molecule has 146 valence electrons. The molecule has 0 radical (unpaired) electrons. The molecule has 2 heterocycles. The molecule has 2 aromatic heterocycles. The fraction of sp³-hybridized carbons (Fsp3) is 0.167. The first-order valence-corrected chi connectivity index (χ1v) is 10.1. The second-order valence-electron chi connectivity index (χ2n) is 6.81. The number of methoxy groups -OCH3 is 1. The van der Waals surface area contributed by atoms with Gasteiger partial charge in [0, 0.05) is 10.9 Å². The number of ether oxygens (including phenoxy) is 2. The van der Waals surface area contributed by atoms with Crippen LogP contribution in [-0.2, 0) is 0 Å². The van der Waals surface area contributed by atoms with E-state index in [0.717, 1.165) is 44.5 Å². The Morgan fingerprint density at radius 3 is 2.41 bits per heavy atom. The first-order chi connectivity index (χ1) is 14.1. The number of rotatable bonds is 5. The summed E-state index contributed by atoms with van der Waals surface area (Å²) in [5.41, 5.74) is 5.72. The lowest BCUT2D eigenvalue weighted by molar-refractivity contribution is 0.340. The molecule has 0 N–H and O–H groups in total. The van der Waals surface area contributed by atoms with Gasteiger partial charge in [0.25, 0.3) is 0 Å². The minimum absolute atomic E-state index is 0.575. The normalized spacial score (nSPS) is 10.9. The van der Waals surface area contributed by atoms with Gasteiger partial charge in [-0.3, -0.25) is 0 Å². The highest BCUT2D eigenvalue weighted by Crippen LogP contribution is 2.32. The predicted molar refractivity (Wildman–Crippen MR) is 122 cm³/mol. The summed E-state index contributed by atoms with van der Waals surface area (Å²) in [4.78, 5) is 9.56. The van der Waals surface area contributed by atoms with Crippen LogP contribution in [0.1, 0.15) is 12.5 Å². The van der Waals surface area contributed by atoms with Crippen molar-refractivity contribution in [1.29, 1.82) is 0 Å². The van der Waals surface area contributed by atoms with Crippen LogP contribution in [0.5, 0.6) is 11.6 Å². The van der Waals surface area contributed by atoms with Crippen molar-refractivity contribution >= 4 is 25.4 Å². The van der Waals surface area contributed by atoms with E-state index in [1.807, 2.05) is 55.5 Å². The zero-order valence-electron chi connectivity index (χ0n) is 16.8. The average molecular weight is 402 g/mol. The number of nitrogens with zero attached hydrogens (tertiary/aromatic N) is 2. The Labute approximate surface area is 173 Å². The lowest BCUT2D eigenvalue weighted by atomic mass is 10.0. The van der Waals surface area contributed by atoms with Gasteiger partial charge in [0.05, 0.1) is 30.6 Å². The third kappa shape index (κ3) is 3.94. The molecule has 0 aliphatic carbocycles. The number of benzene rings is 2. The van der Waals surface area contributed by atoms with Crippen LogP contribution >= 0.6 is 9.24 Å². The topological polar surface area (TPSA) is 44.2 Å². The third-order valence-electron chi connectivity index (χ3n) is 4.83. The fourth-order valence-corrected chi connectivity index (χ4v) is 3.66. The smallest absolute Gasteiger partial charge is 0.221 e. The van der Waals surface area contributed by atoms with Crippen molar-refractivity contribution in [1.82, 2.24) is 9.97 Å². The van der Waals surface area contributed by atoms with Crippen LogP contribution in [0.4, 0.5) is 0 Å². The first-order valence-electron chi connectivity index (χ1n) is 9.54. The van der Waals surface area contributed by atoms with Crippen LogP contribution in [-0.4, -0.2) is 23.7 Å². The zero-order chi connectivity index (χ0) is 20.4. The van der Waals surface area contributed by atoms with Gasteiger partial charge < -0.3 is 9.47 Å². The maximum absolute atomic E-state index is 5.60. The largest absolute Gasteiger partial charge is 0.494 e. The maximum Gasteiger partial charge on any atom is 0.221 e. The van der Waals surface area contributed by atoms with Gasteiger partial charge in [0.2, 0.25) is 5.88 Å². The molecule has 0 amide bonds. The Kier molecular flexibility index (Phi) is 5.46. The van der Waals surface area contributed by atoms with Gasteiger partial charge in [-0.05, 0) is 72.7 Å². The lowest BCUT2D eigenvalue weighted by Gasteiger charge is -2.12. The molecule has 2 aromatic carbocycles. The molecular weight excluding hydrogens is 379 g/mol. The molecule has 1 unspecified atom stereocenters. The van der Waals surface area contributed by atoms with E-state index in [-0.39, 0.29) is 0 Å². The summed E-state index contributed by atoms with van der Waals surface area (Å²) in [6.45, 7) is 4.72. The average Bonchev–Trinajstić information content (AvgIpc) is 2.74. The van der Waals surface area contributed by atoms with Crippen molar-refractivity contribution in [3.8, 4) is 34.1 Å². The van der Waals surface area contributed by atoms with Crippen LogP contribution in [0.3, 0.4) is 0 Å². The highest BCUT2D eigenvalue weighted by atomic mass is 31.0. The summed E-state index contributed by atoms with van der Waals surface area (Å²) >= 11 is 0. The van der Waals surface area contributed by atoms with E-state index < -0.39 is 0 Å². The Bertz CT molecular complexity index is 1170. The zero-order valence-corrected chi connectivity index (χ0v) is 17.9. The molecule has 4 nitrogen and oxygen atoms in total. The molecule has 0 saturated heterocycles. The Morgan fingerprint density at radius 1 is 0.897 bits per heavy atom. The molecule has 5 heteroatoms. The minimum Gasteiger partial charge on any atom is -0.494 e. The molecule has 0 bridgehead atoms. The standard InChI is InChI=1S/C24H23N2O2P/c1-4-28-17-7-5-16(6-8-17)19-10-12-22(26-24(19)27-3)23-13-15(2)20-14-18(29)9-11-21(20)25-23/h5-14H,4,29H2,1-3H3. The van der Waals surface area contributed by atoms with Crippen molar-refractivity contribution in [3.05, 3.63) is 66.2 Å². The van der Waals surface area contributed by atoms with Crippen molar-refractivity contribution < 1.29 is 9.47 Å². The number of pyridine rings is 2. The van der Waals surface area contributed by atoms with E-state index in [1.54, 1.807) is 7.11 Å². The van der Waals surface area contributed by atoms with Crippen LogP contribution in [0.15, 0.2) is 60.7 Å². The predicted octanol–water partition coefficient (Wildman–Crippen LogP) is 5.18. The Balaban J connectivity index is 1.75. The molecule has 0 spiro atoms. The van der Waals surface area contributed by atoms with Crippen molar-refractivity contribution in [2.24, 2.45) is 0 Å². The maximum atomic E-state index is 5.60. The van der Waals surface area contributed by atoms with E-state index in [1.165, 1.54) is 5.56 Å². The molecule has 0 fully saturated rings. The Hall–Kier alpha value is -2.97. The minimum atomic E-state index is 0.575. The molecule has 4 aromatic rings. The van der Waals surface area contributed by atoms with E-state index in [2.05, 4.69) is 28.3 Å². The SMILES string of the molecule is CCOc1ccc(-c2ccc(-c3cc(C)c4cc(P)ccc4n3)nc2OC)cc1. The van der Waals surface area contributed by atoms with Gasteiger partial charge in [-0.25, -0.2) is 9.97 Å². The molecule has 29 heavy (non-hydrogen) atoms. The molecule has 0 aliphatic heterocycles. The summed E-state index contributed by atoms with van der Waals surface area (Å²) in [6.07, 6.45) is 0. The number of hydrogen-bond acceptors (Lipinski definition) is 4. The van der Waals surface area contributed by atoms with Gasteiger partial charge in [-0.2, -0.15) is 0 Å². The third-order valence-corrected chi connectivity index (χ3v) is 5.19. The molecular formula is C24H23N2O2P. The number of hydrogen-bond donors (Lipinski definition) is 0. The number of fused-ring (bicyclic) bond motifs is 1. The second-order valence-corrected chi connectivity index (χ2v) is 7.48. The van der Waals surface area contributed by atoms with Crippen LogP contribution in [0.2, 0.25) is 0 Å². The van der Waals surface area contributed by atoms with E-state index in [9.17, 15) is 0 Å². The molecule has 0 aliphatic rings. The van der Waals surface area contributed by atoms with Crippen LogP contribution in [0.25, 0.3) is 33.4 Å². The quantitative estimate of drug-likeness (QED) is 0.432. The van der Waals surface area contributed by atoms with E-state index >= 15 is 0 Å². The van der Waals surface area contributed by atoms with Gasteiger partial charge in [0.1, 0.15) is 5.75 Å². The first kappa shape index (κ1) is 19.4. The van der Waals surface area contributed by atoms with Crippen LogP contribution < -0.4 is 14.8 Å². The summed E-state index contributed by atoms with van der Waals surface area (Å²) in [7, 11) is 4.37. The van der Waals surface area contributed by atoms with Crippen molar-refractivity contribution in [3.63, 3.8) is 0 Å². The lowest BCUT2D eigenvalue weighted by Crippen LogP contribution is -1.97. The fourth-order valence-electron chi connectivity index (χ4n) is 3.40. The van der Waals surface area contributed by atoms with Gasteiger partial charge in [-0.15, -0.1) is 9.24 Å². The summed E-state index contributed by atoms with van der Waals surface area (Å²) in [5, 5.41) is 2.30. The van der Waals surface area contributed by atoms with E-state index in [4.69, 9.17) is 19.4 Å². The van der Waals surface area contributed by atoms with Crippen molar-refractivity contribution in [2.45, 2.75) is 13.8 Å². The number of aryl methyl sites for hydroxylation is 1. The molecule has 0 saturated carbocycles. The summed E-state index contributed by atoms with van der Waals surface area (Å²) in [5.74, 6) is 1.43. The highest BCUT2D eigenvalue weighted by Gasteiger charge is 2.12. The highest BCUT2D eigenvalue weighted by molar-refractivity contribution is 7.27. The Morgan fingerprint density at radius 2 is 1.69 bits per heavy atom. The monoisotopic (exact) mass is 402 g/mol. The van der Waals surface area contributed by atoms with Gasteiger partial charge in [-0.1, -0.05) is 18.2 Å².